The van der Waals surface area contributed by atoms with Crippen molar-refractivity contribution >= 4 is 5.97 Å². The Morgan fingerprint density at radius 1 is 1.29 bits per heavy atom. The summed E-state index contributed by atoms with van der Waals surface area (Å²) in [6.45, 7) is 0. The molecule has 0 radical (unpaired) electrons. The van der Waals surface area contributed by atoms with E-state index in [1.165, 1.54) is 18.1 Å². The Morgan fingerprint density at radius 2 is 2.06 bits per heavy atom. The van der Waals surface area contributed by atoms with Crippen LogP contribution in [-0.2, 0) is 11.2 Å². The monoisotopic (exact) mass is 230 g/mol. The molecular weight excluding hydrogens is 212 g/mol. The van der Waals surface area contributed by atoms with E-state index in [2.05, 4.69) is 12.1 Å². The molecule has 2 heteroatoms. The SMILES string of the molecule is O=C(O)C=C1CCCC[C@@H]1Cc1ccccc1. The molecule has 1 atom stereocenters. The van der Waals surface area contributed by atoms with E-state index < -0.39 is 5.97 Å². The van der Waals surface area contributed by atoms with Crippen molar-refractivity contribution in [3.63, 3.8) is 0 Å². The third-order valence-corrected chi connectivity index (χ3v) is 3.43. The molecule has 1 saturated carbocycles. The van der Waals surface area contributed by atoms with E-state index in [4.69, 9.17) is 5.11 Å². The van der Waals surface area contributed by atoms with Crippen LogP contribution in [0.4, 0.5) is 0 Å². The van der Waals surface area contributed by atoms with Gasteiger partial charge in [0.15, 0.2) is 0 Å². The highest BCUT2D eigenvalue weighted by Gasteiger charge is 2.19. The molecule has 90 valence electrons. The average Bonchev–Trinajstić information content (AvgIpc) is 2.32. The Balaban J connectivity index is 2.09. The number of carboxylic acids is 1. The van der Waals surface area contributed by atoms with Gasteiger partial charge < -0.3 is 5.11 Å². The lowest BCUT2D eigenvalue weighted by Crippen LogP contribution is -2.14. The molecule has 0 saturated heterocycles. The average molecular weight is 230 g/mol. The summed E-state index contributed by atoms with van der Waals surface area (Å²) in [5, 5.41) is 8.87. The van der Waals surface area contributed by atoms with Gasteiger partial charge in [0.05, 0.1) is 0 Å². The number of aliphatic carboxylic acids is 1. The summed E-state index contributed by atoms with van der Waals surface area (Å²) >= 11 is 0. The van der Waals surface area contributed by atoms with Crippen LogP contribution in [0.1, 0.15) is 31.2 Å². The molecular formula is C15H18O2. The van der Waals surface area contributed by atoms with Crippen LogP contribution in [0.25, 0.3) is 0 Å². The summed E-state index contributed by atoms with van der Waals surface area (Å²) in [7, 11) is 0. The molecule has 0 amide bonds. The molecule has 0 aliphatic heterocycles. The van der Waals surface area contributed by atoms with Crippen molar-refractivity contribution in [2.24, 2.45) is 5.92 Å². The van der Waals surface area contributed by atoms with Gasteiger partial charge in [-0.2, -0.15) is 0 Å². The fourth-order valence-electron chi connectivity index (χ4n) is 2.59. The van der Waals surface area contributed by atoms with Crippen molar-refractivity contribution in [2.75, 3.05) is 0 Å². The Morgan fingerprint density at radius 3 is 2.76 bits per heavy atom. The highest BCUT2D eigenvalue weighted by atomic mass is 16.4. The van der Waals surface area contributed by atoms with Crippen LogP contribution in [-0.4, -0.2) is 11.1 Å². The molecule has 17 heavy (non-hydrogen) atoms. The number of carboxylic acid groups (broad SMARTS) is 1. The second kappa shape index (κ2) is 5.67. The van der Waals surface area contributed by atoms with Crippen LogP contribution in [0.2, 0.25) is 0 Å². The van der Waals surface area contributed by atoms with Crippen LogP contribution in [0.3, 0.4) is 0 Å². The molecule has 0 unspecified atom stereocenters. The van der Waals surface area contributed by atoms with Gasteiger partial charge in [0.2, 0.25) is 0 Å². The molecule has 1 aliphatic carbocycles. The fraction of sp³-hybridized carbons (Fsp3) is 0.400. The van der Waals surface area contributed by atoms with Gasteiger partial charge in [0, 0.05) is 6.08 Å². The minimum atomic E-state index is -0.806. The van der Waals surface area contributed by atoms with Gasteiger partial charge in [-0.05, 0) is 37.2 Å². The standard InChI is InChI=1S/C15H18O2/c16-15(17)11-14-9-5-4-8-13(14)10-12-6-2-1-3-7-12/h1-3,6-7,11,13H,4-5,8-10H2,(H,16,17)/t13-/m1/s1. The number of hydrogen-bond donors (Lipinski definition) is 1. The third kappa shape index (κ3) is 3.45. The molecule has 1 aliphatic rings. The second-order valence-electron chi connectivity index (χ2n) is 4.69. The van der Waals surface area contributed by atoms with Crippen molar-refractivity contribution in [2.45, 2.75) is 32.1 Å². The summed E-state index contributed by atoms with van der Waals surface area (Å²) in [6, 6.07) is 10.3. The molecule has 1 aromatic carbocycles. The molecule has 0 aromatic heterocycles. The van der Waals surface area contributed by atoms with Crippen molar-refractivity contribution < 1.29 is 9.90 Å². The molecule has 1 N–H and O–H groups in total. The minimum absolute atomic E-state index is 0.419. The largest absolute Gasteiger partial charge is 0.478 e. The lowest BCUT2D eigenvalue weighted by Gasteiger charge is -2.25. The third-order valence-electron chi connectivity index (χ3n) is 3.43. The maximum atomic E-state index is 10.8. The first-order valence-electron chi connectivity index (χ1n) is 6.23. The van der Waals surface area contributed by atoms with Gasteiger partial charge in [-0.3, -0.25) is 0 Å². The highest BCUT2D eigenvalue weighted by Crippen LogP contribution is 2.31. The van der Waals surface area contributed by atoms with Gasteiger partial charge in [-0.15, -0.1) is 0 Å². The highest BCUT2D eigenvalue weighted by molar-refractivity contribution is 5.80. The van der Waals surface area contributed by atoms with E-state index >= 15 is 0 Å². The first kappa shape index (κ1) is 11.9. The first-order chi connectivity index (χ1) is 8.25. The number of benzene rings is 1. The van der Waals surface area contributed by atoms with Gasteiger partial charge in [0.25, 0.3) is 0 Å². The molecule has 0 bridgehead atoms. The van der Waals surface area contributed by atoms with Crippen LogP contribution >= 0.6 is 0 Å². The van der Waals surface area contributed by atoms with Gasteiger partial charge in [-0.25, -0.2) is 4.79 Å². The lowest BCUT2D eigenvalue weighted by atomic mass is 9.80. The summed E-state index contributed by atoms with van der Waals surface area (Å²) in [5.41, 5.74) is 2.42. The smallest absolute Gasteiger partial charge is 0.328 e. The molecule has 1 aromatic rings. The zero-order valence-corrected chi connectivity index (χ0v) is 9.93. The number of rotatable bonds is 3. The fourth-order valence-corrected chi connectivity index (χ4v) is 2.59. The number of carbonyl (C=O) groups is 1. The number of hydrogen-bond acceptors (Lipinski definition) is 1. The van der Waals surface area contributed by atoms with Crippen LogP contribution in [0, 0.1) is 5.92 Å². The topological polar surface area (TPSA) is 37.3 Å². The molecule has 1 fully saturated rings. The Bertz CT molecular complexity index is 406. The zero-order valence-electron chi connectivity index (χ0n) is 9.93. The Labute approximate surface area is 102 Å². The van der Waals surface area contributed by atoms with E-state index in [0.717, 1.165) is 31.3 Å². The van der Waals surface area contributed by atoms with Crippen molar-refractivity contribution in [3.8, 4) is 0 Å². The minimum Gasteiger partial charge on any atom is -0.478 e. The summed E-state index contributed by atoms with van der Waals surface area (Å²) in [4.78, 5) is 10.8. The maximum absolute atomic E-state index is 10.8. The van der Waals surface area contributed by atoms with Crippen LogP contribution in [0.15, 0.2) is 42.0 Å². The molecule has 2 rings (SSSR count). The van der Waals surface area contributed by atoms with Gasteiger partial charge in [-0.1, -0.05) is 42.3 Å². The van der Waals surface area contributed by atoms with Gasteiger partial charge >= 0.3 is 5.97 Å². The summed E-state index contributed by atoms with van der Waals surface area (Å²) in [6.07, 6.45) is 6.81. The predicted octanol–water partition coefficient (Wildman–Crippen LogP) is 3.43. The maximum Gasteiger partial charge on any atom is 0.328 e. The first-order valence-corrected chi connectivity index (χ1v) is 6.23. The normalized spacial score (nSPS) is 22.6. The molecule has 2 nitrogen and oxygen atoms in total. The van der Waals surface area contributed by atoms with E-state index in [1.807, 2.05) is 18.2 Å². The number of allylic oxidation sites excluding steroid dienone is 1. The Kier molecular flexibility index (Phi) is 3.97. The van der Waals surface area contributed by atoms with Crippen molar-refractivity contribution in [1.82, 2.24) is 0 Å². The zero-order chi connectivity index (χ0) is 12.1. The van der Waals surface area contributed by atoms with Crippen molar-refractivity contribution in [3.05, 3.63) is 47.5 Å². The van der Waals surface area contributed by atoms with Gasteiger partial charge in [0.1, 0.15) is 0 Å². The predicted molar refractivity (Wildman–Crippen MR) is 67.8 cm³/mol. The second-order valence-corrected chi connectivity index (χ2v) is 4.69. The lowest BCUT2D eigenvalue weighted by molar-refractivity contribution is -0.131. The van der Waals surface area contributed by atoms with Crippen LogP contribution in [0.5, 0.6) is 0 Å². The van der Waals surface area contributed by atoms with E-state index in [0.29, 0.717) is 5.92 Å². The van der Waals surface area contributed by atoms with Crippen LogP contribution < -0.4 is 0 Å². The Hall–Kier alpha value is -1.57. The summed E-state index contributed by atoms with van der Waals surface area (Å²) < 4.78 is 0. The quantitative estimate of drug-likeness (QED) is 0.808. The van der Waals surface area contributed by atoms with E-state index in [1.54, 1.807) is 0 Å². The van der Waals surface area contributed by atoms with E-state index in [-0.39, 0.29) is 0 Å². The summed E-state index contributed by atoms with van der Waals surface area (Å²) in [5.74, 6) is -0.387. The van der Waals surface area contributed by atoms with E-state index in [9.17, 15) is 4.79 Å². The molecule has 0 heterocycles. The molecule has 0 spiro atoms. The van der Waals surface area contributed by atoms with Crippen molar-refractivity contribution in [1.29, 1.82) is 0 Å².